The lowest BCUT2D eigenvalue weighted by Crippen LogP contribution is -2.56. The molecule has 21 heavy (non-hydrogen) atoms. The molecule has 3 amide bonds. The van der Waals surface area contributed by atoms with Gasteiger partial charge in [0, 0.05) is 32.7 Å². The molecule has 1 heterocycles. The van der Waals surface area contributed by atoms with Crippen LogP contribution in [-0.4, -0.2) is 66.5 Å². The molecule has 7 nitrogen and oxygen atoms in total. The highest BCUT2D eigenvalue weighted by atomic mass is 16.2. The predicted molar refractivity (Wildman–Crippen MR) is 79.5 cm³/mol. The second-order valence-corrected chi connectivity index (χ2v) is 5.15. The summed E-state index contributed by atoms with van der Waals surface area (Å²) in [6.07, 6.45) is 0.809. The lowest BCUT2D eigenvalue weighted by molar-refractivity contribution is -0.125. The Morgan fingerprint density at radius 3 is 2.24 bits per heavy atom. The molecule has 1 saturated heterocycles. The number of urea groups is 1. The van der Waals surface area contributed by atoms with Crippen LogP contribution in [0.25, 0.3) is 0 Å². The minimum atomic E-state index is -0.455. The minimum Gasteiger partial charge on any atom is -0.338 e. The first-order chi connectivity index (χ1) is 10.0. The van der Waals surface area contributed by atoms with E-state index in [1.807, 2.05) is 11.8 Å². The van der Waals surface area contributed by atoms with Crippen LogP contribution in [0.3, 0.4) is 0 Å². The number of nitrogens with zero attached hydrogens (tertiary/aromatic N) is 3. The highest BCUT2D eigenvalue weighted by Crippen LogP contribution is 2.11. The highest BCUT2D eigenvalue weighted by molar-refractivity contribution is 5.96. The quantitative estimate of drug-likeness (QED) is 0.753. The van der Waals surface area contributed by atoms with Gasteiger partial charge in [-0.25, -0.2) is 4.79 Å². The summed E-state index contributed by atoms with van der Waals surface area (Å²) in [5.41, 5.74) is 0. The van der Waals surface area contributed by atoms with Crippen LogP contribution in [0.4, 0.5) is 4.79 Å². The molecular weight excluding hydrogens is 270 g/mol. The van der Waals surface area contributed by atoms with E-state index in [9.17, 15) is 9.59 Å². The molecule has 0 aromatic carbocycles. The van der Waals surface area contributed by atoms with Gasteiger partial charge >= 0.3 is 6.03 Å². The van der Waals surface area contributed by atoms with Crippen molar-refractivity contribution in [2.45, 2.75) is 39.3 Å². The third-order valence-corrected chi connectivity index (χ3v) is 3.83. The van der Waals surface area contributed by atoms with Crippen molar-refractivity contribution < 1.29 is 9.59 Å². The molecule has 0 bridgehead atoms. The molecule has 0 saturated carbocycles. The fourth-order valence-electron chi connectivity index (χ4n) is 2.45. The van der Waals surface area contributed by atoms with Gasteiger partial charge in [-0.2, -0.15) is 5.26 Å². The molecule has 1 aliphatic heterocycles. The van der Waals surface area contributed by atoms with Gasteiger partial charge in [-0.05, 0) is 20.3 Å². The minimum absolute atomic E-state index is 0.0494. The van der Waals surface area contributed by atoms with E-state index < -0.39 is 6.03 Å². The molecule has 0 aromatic rings. The van der Waals surface area contributed by atoms with Gasteiger partial charge in [-0.3, -0.25) is 19.9 Å². The summed E-state index contributed by atoms with van der Waals surface area (Å²) in [4.78, 5) is 27.5. The largest absolute Gasteiger partial charge is 0.338 e. The van der Waals surface area contributed by atoms with Crippen molar-refractivity contribution in [3.8, 4) is 6.07 Å². The van der Waals surface area contributed by atoms with Gasteiger partial charge in [-0.1, -0.05) is 6.92 Å². The molecule has 2 unspecified atom stereocenters. The Morgan fingerprint density at radius 2 is 1.76 bits per heavy atom. The molecule has 0 aromatic heterocycles. The Kier molecular flexibility index (Phi) is 7.12. The molecule has 0 aliphatic carbocycles. The summed E-state index contributed by atoms with van der Waals surface area (Å²) < 4.78 is 0. The second-order valence-electron chi connectivity index (χ2n) is 5.15. The molecule has 1 aliphatic rings. The van der Waals surface area contributed by atoms with Crippen LogP contribution in [0.15, 0.2) is 0 Å². The number of hydrogen-bond donors (Lipinski definition) is 2. The third-order valence-electron chi connectivity index (χ3n) is 3.83. The zero-order valence-corrected chi connectivity index (χ0v) is 13.1. The van der Waals surface area contributed by atoms with E-state index in [2.05, 4.69) is 21.6 Å². The van der Waals surface area contributed by atoms with Crippen molar-refractivity contribution in [1.29, 1.82) is 5.26 Å². The van der Waals surface area contributed by atoms with E-state index in [-0.39, 0.29) is 18.0 Å². The molecule has 118 valence electrons. The normalized spacial score (nSPS) is 19.3. The van der Waals surface area contributed by atoms with Crippen LogP contribution in [0.1, 0.15) is 27.2 Å². The summed E-state index contributed by atoms with van der Waals surface area (Å²) in [5, 5.41) is 14.0. The summed E-state index contributed by atoms with van der Waals surface area (Å²) in [6, 6.07) is 1.45. The first-order valence-electron chi connectivity index (χ1n) is 7.49. The standard InChI is InChI=1S/C14H25N5O2/c1-4-12(10-15)19-8-6-18(7-9-19)11(3)13(20)17-14(21)16-5-2/h11-12H,4-9H2,1-3H3,(H2,16,17,20,21). The second kappa shape index (κ2) is 8.60. The van der Waals surface area contributed by atoms with Crippen LogP contribution < -0.4 is 10.6 Å². The average Bonchev–Trinajstić information content (AvgIpc) is 2.48. The first kappa shape index (κ1) is 17.4. The van der Waals surface area contributed by atoms with E-state index in [0.717, 1.165) is 32.6 Å². The van der Waals surface area contributed by atoms with Crippen molar-refractivity contribution in [2.24, 2.45) is 0 Å². The first-order valence-corrected chi connectivity index (χ1v) is 7.49. The molecule has 2 N–H and O–H groups in total. The fraction of sp³-hybridized carbons (Fsp3) is 0.786. The van der Waals surface area contributed by atoms with Gasteiger partial charge in [0.1, 0.15) is 0 Å². The number of piperazine rings is 1. The number of nitrogens with one attached hydrogen (secondary N) is 2. The average molecular weight is 295 g/mol. The molecule has 0 spiro atoms. The van der Waals surface area contributed by atoms with Gasteiger partial charge in [-0.15, -0.1) is 0 Å². The lowest BCUT2D eigenvalue weighted by Gasteiger charge is -2.38. The SMILES string of the molecule is CCNC(=O)NC(=O)C(C)N1CCN(C(C#N)CC)CC1. The van der Waals surface area contributed by atoms with Crippen LogP contribution >= 0.6 is 0 Å². The Balaban J connectivity index is 2.44. The van der Waals surface area contributed by atoms with E-state index in [0.29, 0.717) is 6.54 Å². The maximum atomic E-state index is 12.0. The van der Waals surface area contributed by atoms with Crippen molar-refractivity contribution in [3.05, 3.63) is 0 Å². The molecular formula is C14H25N5O2. The van der Waals surface area contributed by atoms with E-state index >= 15 is 0 Å². The molecule has 7 heteroatoms. The summed E-state index contributed by atoms with van der Waals surface area (Å²) in [7, 11) is 0. The number of amides is 3. The summed E-state index contributed by atoms with van der Waals surface area (Å²) in [5.74, 6) is -0.290. The number of nitriles is 1. The zero-order valence-electron chi connectivity index (χ0n) is 13.1. The molecule has 1 fully saturated rings. The molecule has 2 atom stereocenters. The zero-order chi connectivity index (χ0) is 15.8. The third kappa shape index (κ3) is 4.99. The Labute approximate surface area is 126 Å². The van der Waals surface area contributed by atoms with E-state index in [4.69, 9.17) is 5.26 Å². The van der Waals surface area contributed by atoms with Crippen molar-refractivity contribution in [2.75, 3.05) is 32.7 Å². The molecule has 0 radical (unpaired) electrons. The summed E-state index contributed by atoms with van der Waals surface area (Å²) in [6.45, 7) is 9.07. The van der Waals surface area contributed by atoms with E-state index in [1.165, 1.54) is 0 Å². The number of imide groups is 1. The monoisotopic (exact) mass is 295 g/mol. The van der Waals surface area contributed by atoms with Gasteiger partial charge in [0.2, 0.25) is 5.91 Å². The summed E-state index contributed by atoms with van der Waals surface area (Å²) >= 11 is 0. The van der Waals surface area contributed by atoms with Gasteiger partial charge in [0.25, 0.3) is 0 Å². The Bertz CT molecular complexity index is 399. The van der Waals surface area contributed by atoms with Gasteiger partial charge < -0.3 is 5.32 Å². The van der Waals surface area contributed by atoms with Crippen LogP contribution in [0, 0.1) is 11.3 Å². The Hall–Kier alpha value is -1.65. The van der Waals surface area contributed by atoms with Crippen LogP contribution in [0.2, 0.25) is 0 Å². The Morgan fingerprint density at radius 1 is 1.19 bits per heavy atom. The lowest BCUT2D eigenvalue weighted by atomic mass is 10.1. The van der Waals surface area contributed by atoms with Crippen molar-refractivity contribution in [1.82, 2.24) is 20.4 Å². The smallest absolute Gasteiger partial charge is 0.321 e. The molecule has 1 rings (SSSR count). The number of hydrogen-bond acceptors (Lipinski definition) is 5. The van der Waals surface area contributed by atoms with Crippen molar-refractivity contribution >= 4 is 11.9 Å². The van der Waals surface area contributed by atoms with E-state index in [1.54, 1.807) is 13.8 Å². The van der Waals surface area contributed by atoms with Crippen LogP contribution in [0.5, 0.6) is 0 Å². The number of carbonyl (C=O) groups excluding carboxylic acids is 2. The van der Waals surface area contributed by atoms with Gasteiger partial charge in [0.15, 0.2) is 0 Å². The number of carbonyl (C=O) groups is 2. The van der Waals surface area contributed by atoms with Gasteiger partial charge in [0.05, 0.1) is 18.2 Å². The highest BCUT2D eigenvalue weighted by Gasteiger charge is 2.28. The van der Waals surface area contributed by atoms with Crippen LogP contribution in [-0.2, 0) is 4.79 Å². The van der Waals surface area contributed by atoms with Crippen molar-refractivity contribution in [3.63, 3.8) is 0 Å². The maximum Gasteiger partial charge on any atom is 0.321 e. The fourth-order valence-corrected chi connectivity index (χ4v) is 2.45. The predicted octanol–water partition coefficient (Wildman–Crippen LogP) is 0.140. The topological polar surface area (TPSA) is 88.5 Å². The maximum absolute atomic E-state index is 12.0. The number of rotatable bonds is 5.